The first-order valence-electron chi connectivity index (χ1n) is 12.1. The van der Waals surface area contributed by atoms with Crippen molar-refractivity contribution in [2.45, 2.75) is 72.1 Å². The van der Waals surface area contributed by atoms with E-state index >= 15 is 0 Å². The summed E-state index contributed by atoms with van der Waals surface area (Å²) in [5, 5.41) is 13.7. The van der Waals surface area contributed by atoms with Gasteiger partial charge in [-0.2, -0.15) is 0 Å². The zero-order valence-corrected chi connectivity index (χ0v) is 21.0. The lowest BCUT2D eigenvalue weighted by Crippen LogP contribution is -2.36. The van der Waals surface area contributed by atoms with Crippen molar-refractivity contribution in [2.24, 2.45) is 0 Å². The van der Waals surface area contributed by atoms with E-state index in [9.17, 15) is 9.18 Å². The molecule has 4 aromatic rings. The quantitative estimate of drug-likeness (QED) is 0.356. The van der Waals surface area contributed by atoms with Gasteiger partial charge in [-0.15, -0.1) is 5.10 Å². The van der Waals surface area contributed by atoms with Gasteiger partial charge in [-0.05, 0) is 85.3 Å². The van der Waals surface area contributed by atoms with E-state index in [2.05, 4.69) is 59.2 Å². The lowest BCUT2D eigenvalue weighted by Gasteiger charge is -2.33. The van der Waals surface area contributed by atoms with Crippen LogP contribution in [0.2, 0.25) is 0 Å². The molecule has 2 heterocycles. The van der Waals surface area contributed by atoms with Gasteiger partial charge in [0.1, 0.15) is 5.82 Å². The highest BCUT2D eigenvalue weighted by Crippen LogP contribution is 2.30. The smallest absolute Gasteiger partial charge is 0.252 e. The molecule has 0 radical (unpaired) electrons. The first-order chi connectivity index (χ1) is 16.7. The molecule has 7 nitrogen and oxygen atoms in total. The third-order valence-corrected chi connectivity index (χ3v) is 6.81. The monoisotopic (exact) mass is 476 g/mol. The lowest BCUT2D eigenvalue weighted by atomic mass is 10.0. The minimum absolute atomic E-state index is 0.117. The van der Waals surface area contributed by atoms with Crippen molar-refractivity contribution in [1.29, 1.82) is 0 Å². The Labute approximate surface area is 205 Å². The summed E-state index contributed by atoms with van der Waals surface area (Å²) in [5.41, 5.74) is 3.19. The summed E-state index contributed by atoms with van der Waals surface area (Å²) in [6.07, 6.45) is 1.61. The highest BCUT2D eigenvalue weighted by molar-refractivity contribution is 5.79. The summed E-state index contributed by atoms with van der Waals surface area (Å²) in [6.45, 7) is 11.4. The molecule has 0 saturated carbocycles. The van der Waals surface area contributed by atoms with Crippen molar-refractivity contribution < 1.29 is 4.39 Å². The van der Waals surface area contributed by atoms with Gasteiger partial charge in [0.15, 0.2) is 5.82 Å². The number of benzene rings is 2. The second kappa shape index (κ2) is 10.1. The van der Waals surface area contributed by atoms with Crippen LogP contribution in [-0.2, 0) is 18.6 Å². The molecule has 184 valence electrons. The maximum atomic E-state index is 13.6. The number of hydrogen-bond donors (Lipinski definition) is 1. The number of H-pyrrole nitrogens is 1. The molecule has 0 aliphatic heterocycles. The highest BCUT2D eigenvalue weighted by Gasteiger charge is 2.31. The van der Waals surface area contributed by atoms with Crippen LogP contribution in [-0.4, -0.2) is 30.1 Å². The van der Waals surface area contributed by atoms with Crippen molar-refractivity contribution in [1.82, 2.24) is 30.1 Å². The summed E-state index contributed by atoms with van der Waals surface area (Å²) in [4.78, 5) is 18.3. The lowest BCUT2D eigenvalue weighted by molar-refractivity contribution is 0.150. The Hall–Kier alpha value is -3.39. The van der Waals surface area contributed by atoms with E-state index in [0.29, 0.717) is 18.7 Å². The predicted molar refractivity (Wildman–Crippen MR) is 135 cm³/mol. The van der Waals surface area contributed by atoms with Crippen LogP contribution in [0, 0.1) is 12.7 Å². The first-order valence-corrected chi connectivity index (χ1v) is 12.1. The maximum absolute atomic E-state index is 13.6. The zero-order valence-electron chi connectivity index (χ0n) is 21.0. The van der Waals surface area contributed by atoms with Gasteiger partial charge in [-0.1, -0.05) is 37.6 Å². The van der Waals surface area contributed by atoms with Crippen LogP contribution in [0.3, 0.4) is 0 Å². The SMILES string of the molecule is CC[C@H](c1nnnn1C(C)(C)CC)N(Cc1ccc(F)cc1)Cc1cc2cc(C)ccc2[nH]c1=O. The third-order valence-electron chi connectivity index (χ3n) is 6.81. The summed E-state index contributed by atoms with van der Waals surface area (Å²) in [5.74, 6) is 0.483. The Morgan fingerprint density at radius 2 is 1.83 bits per heavy atom. The van der Waals surface area contributed by atoms with E-state index in [1.165, 1.54) is 12.1 Å². The van der Waals surface area contributed by atoms with Crippen molar-refractivity contribution >= 4 is 10.9 Å². The van der Waals surface area contributed by atoms with Crippen LogP contribution in [0.25, 0.3) is 10.9 Å². The summed E-state index contributed by atoms with van der Waals surface area (Å²) < 4.78 is 15.5. The number of tetrazole rings is 1. The van der Waals surface area contributed by atoms with E-state index in [-0.39, 0.29) is 23.0 Å². The molecule has 0 aliphatic carbocycles. The number of nitrogens with zero attached hydrogens (tertiary/aromatic N) is 5. The number of nitrogens with one attached hydrogen (secondary N) is 1. The summed E-state index contributed by atoms with van der Waals surface area (Å²) >= 11 is 0. The minimum atomic E-state index is -0.276. The number of pyridine rings is 1. The standard InChI is InChI=1S/C27H33FN6O/c1-6-24(25-30-31-32-34(25)27(4,5)7-2)33(16-19-9-11-22(28)12-10-19)17-21-15-20-14-18(3)8-13-23(20)29-26(21)35/h8-15,24H,6-7,16-17H2,1-5H3,(H,29,35)/t24-/m1/s1. The van der Waals surface area contributed by atoms with Gasteiger partial charge < -0.3 is 4.98 Å². The Bertz CT molecular complexity index is 1360. The number of aryl methyl sites for hydroxylation is 1. The average Bonchev–Trinajstić information content (AvgIpc) is 3.32. The Balaban J connectivity index is 1.78. The Morgan fingerprint density at radius 1 is 1.09 bits per heavy atom. The number of halogens is 1. The van der Waals surface area contributed by atoms with Crippen LogP contribution in [0.15, 0.2) is 53.3 Å². The molecule has 0 bridgehead atoms. The van der Waals surface area contributed by atoms with Gasteiger partial charge in [0.05, 0.1) is 11.6 Å². The van der Waals surface area contributed by atoms with Crippen LogP contribution < -0.4 is 5.56 Å². The summed E-state index contributed by atoms with van der Waals surface area (Å²) in [6, 6.07) is 14.3. The third kappa shape index (κ3) is 5.32. The molecule has 0 amide bonds. The number of aromatic nitrogens is 5. The van der Waals surface area contributed by atoms with Gasteiger partial charge in [-0.25, -0.2) is 9.07 Å². The minimum Gasteiger partial charge on any atom is -0.322 e. The molecule has 2 aromatic heterocycles. The van der Waals surface area contributed by atoms with Crippen LogP contribution in [0.4, 0.5) is 4.39 Å². The predicted octanol–water partition coefficient (Wildman–Crippen LogP) is 5.26. The fourth-order valence-electron chi connectivity index (χ4n) is 4.39. The van der Waals surface area contributed by atoms with Gasteiger partial charge in [-0.3, -0.25) is 9.69 Å². The van der Waals surface area contributed by atoms with E-state index in [4.69, 9.17) is 0 Å². The van der Waals surface area contributed by atoms with Gasteiger partial charge in [0.25, 0.3) is 5.56 Å². The van der Waals surface area contributed by atoms with Gasteiger partial charge in [0.2, 0.25) is 0 Å². The molecule has 35 heavy (non-hydrogen) atoms. The molecule has 1 atom stereocenters. The highest BCUT2D eigenvalue weighted by atomic mass is 19.1. The second-order valence-corrected chi connectivity index (χ2v) is 9.78. The second-order valence-electron chi connectivity index (χ2n) is 9.78. The maximum Gasteiger partial charge on any atom is 0.252 e. The van der Waals surface area contributed by atoms with Crippen LogP contribution in [0.1, 0.15) is 69.1 Å². The Morgan fingerprint density at radius 3 is 2.51 bits per heavy atom. The molecular weight excluding hydrogens is 443 g/mol. The number of fused-ring (bicyclic) bond motifs is 1. The Kier molecular flexibility index (Phi) is 7.12. The zero-order chi connectivity index (χ0) is 25.2. The molecular formula is C27H33FN6O. The number of hydrogen-bond acceptors (Lipinski definition) is 5. The largest absolute Gasteiger partial charge is 0.322 e. The molecule has 0 saturated heterocycles. The van der Waals surface area contributed by atoms with Crippen molar-refractivity contribution in [3.05, 3.63) is 87.2 Å². The topological polar surface area (TPSA) is 79.7 Å². The van der Waals surface area contributed by atoms with E-state index < -0.39 is 0 Å². The van der Waals surface area contributed by atoms with E-state index in [1.807, 2.05) is 29.8 Å². The summed E-state index contributed by atoms with van der Waals surface area (Å²) in [7, 11) is 0. The first kappa shape index (κ1) is 24.7. The molecule has 0 spiro atoms. The fourth-order valence-corrected chi connectivity index (χ4v) is 4.39. The molecule has 1 N–H and O–H groups in total. The normalized spacial score (nSPS) is 13.0. The van der Waals surface area contributed by atoms with Crippen LogP contribution in [0.5, 0.6) is 0 Å². The molecule has 2 aromatic carbocycles. The molecule has 0 fully saturated rings. The van der Waals surface area contributed by atoms with Crippen molar-refractivity contribution in [3.8, 4) is 0 Å². The van der Waals surface area contributed by atoms with Crippen molar-refractivity contribution in [2.75, 3.05) is 0 Å². The molecule has 0 aliphatic rings. The van der Waals surface area contributed by atoms with E-state index in [1.54, 1.807) is 12.1 Å². The number of rotatable bonds is 9. The van der Waals surface area contributed by atoms with Crippen molar-refractivity contribution in [3.63, 3.8) is 0 Å². The molecule has 4 rings (SSSR count). The number of aromatic amines is 1. The van der Waals surface area contributed by atoms with Gasteiger partial charge >= 0.3 is 0 Å². The molecule has 0 unspecified atom stereocenters. The van der Waals surface area contributed by atoms with E-state index in [0.717, 1.165) is 40.7 Å². The fraction of sp³-hybridized carbons (Fsp3) is 0.407. The molecule has 8 heteroatoms. The van der Waals surface area contributed by atoms with Gasteiger partial charge in [0, 0.05) is 24.2 Å². The average molecular weight is 477 g/mol. The van der Waals surface area contributed by atoms with Crippen LogP contribution >= 0.6 is 0 Å².